The van der Waals surface area contributed by atoms with Gasteiger partial charge in [-0.25, -0.2) is 4.79 Å². The van der Waals surface area contributed by atoms with Gasteiger partial charge in [-0.05, 0) is 24.8 Å². The molecule has 0 aromatic heterocycles. The zero-order valence-electron chi connectivity index (χ0n) is 8.00. The smallest absolute Gasteiger partial charge is 0.334 e. The highest BCUT2D eigenvalue weighted by atomic mass is 16.6. The zero-order valence-corrected chi connectivity index (χ0v) is 8.00. The van der Waals surface area contributed by atoms with Crippen LogP contribution in [0, 0.1) is 5.92 Å². The minimum Gasteiger partial charge on any atom is -0.458 e. The molecular formula is C10H14O3. The van der Waals surface area contributed by atoms with Crippen LogP contribution in [0.2, 0.25) is 0 Å². The van der Waals surface area contributed by atoms with Crippen molar-refractivity contribution in [2.75, 3.05) is 13.2 Å². The second-order valence-electron chi connectivity index (χ2n) is 3.82. The maximum absolute atomic E-state index is 11.1. The van der Waals surface area contributed by atoms with Crippen molar-refractivity contribution in [3.05, 3.63) is 11.1 Å². The van der Waals surface area contributed by atoms with Crippen LogP contribution in [0.25, 0.3) is 0 Å². The Labute approximate surface area is 77.7 Å². The Kier molecular flexibility index (Phi) is 2.12. The van der Waals surface area contributed by atoms with Crippen molar-refractivity contribution < 1.29 is 14.3 Å². The maximum atomic E-state index is 11.1. The summed E-state index contributed by atoms with van der Waals surface area (Å²) < 4.78 is 10.1. The van der Waals surface area contributed by atoms with Gasteiger partial charge in [0.2, 0.25) is 0 Å². The van der Waals surface area contributed by atoms with E-state index in [1.807, 2.05) is 6.92 Å². The van der Waals surface area contributed by atoms with Crippen molar-refractivity contribution in [3.8, 4) is 0 Å². The molecule has 72 valence electrons. The first-order chi connectivity index (χ1) is 6.18. The molecule has 3 nitrogen and oxygen atoms in total. The van der Waals surface area contributed by atoms with Crippen LogP contribution in [-0.2, 0) is 14.3 Å². The van der Waals surface area contributed by atoms with Crippen LogP contribution in [0.1, 0.15) is 20.3 Å². The number of rotatable bonds is 3. The molecule has 1 fully saturated rings. The van der Waals surface area contributed by atoms with E-state index < -0.39 is 0 Å². The van der Waals surface area contributed by atoms with E-state index in [4.69, 9.17) is 9.47 Å². The molecule has 0 bridgehead atoms. The molecule has 0 aliphatic carbocycles. The van der Waals surface area contributed by atoms with E-state index in [1.165, 1.54) is 0 Å². The van der Waals surface area contributed by atoms with E-state index in [1.54, 1.807) is 0 Å². The molecule has 0 N–H and O–H groups in total. The summed E-state index contributed by atoms with van der Waals surface area (Å²) in [6.07, 6.45) is 1.44. The second-order valence-corrected chi connectivity index (χ2v) is 3.82. The molecule has 13 heavy (non-hydrogen) atoms. The quantitative estimate of drug-likeness (QED) is 0.487. The van der Waals surface area contributed by atoms with E-state index in [2.05, 4.69) is 6.92 Å². The molecule has 0 unspecified atom stereocenters. The SMILES string of the molecule is CC1=C([C@@H](C)C[C@H]2CO2)COC1=O. The predicted molar refractivity (Wildman–Crippen MR) is 47.2 cm³/mol. The highest BCUT2D eigenvalue weighted by Crippen LogP contribution is 2.29. The van der Waals surface area contributed by atoms with Gasteiger partial charge in [0.15, 0.2) is 0 Å². The number of ether oxygens (including phenoxy) is 2. The van der Waals surface area contributed by atoms with E-state index in [0.717, 1.165) is 24.2 Å². The lowest BCUT2D eigenvalue weighted by Gasteiger charge is -2.09. The number of carbonyl (C=O) groups is 1. The Bertz CT molecular complexity index is 263. The third-order valence-electron chi connectivity index (χ3n) is 2.76. The summed E-state index contributed by atoms with van der Waals surface area (Å²) >= 11 is 0. The van der Waals surface area contributed by atoms with Crippen LogP contribution in [0.15, 0.2) is 11.1 Å². The van der Waals surface area contributed by atoms with Crippen molar-refractivity contribution in [1.82, 2.24) is 0 Å². The highest BCUT2D eigenvalue weighted by Gasteiger charge is 2.30. The van der Waals surface area contributed by atoms with Gasteiger partial charge >= 0.3 is 5.97 Å². The molecule has 2 aliphatic heterocycles. The van der Waals surface area contributed by atoms with Gasteiger partial charge in [0.05, 0.1) is 12.7 Å². The molecular weight excluding hydrogens is 168 g/mol. The monoisotopic (exact) mass is 182 g/mol. The fraction of sp³-hybridized carbons (Fsp3) is 0.700. The van der Waals surface area contributed by atoms with Gasteiger partial charge in [0, 0.05) is 5.57 Å². The molecule has 0 spiro atoms. The van der Waals surface area contributed by atoms with Crippen LogP contribution in [0.4, 0.5) is 0 Å². The molecule has 2 atom stereocenters. The fourth-order valence-electron chi connectivity index (χ4n) is 1.74. The lowest BCUT2D eigenvalue weighted by molar-refractivity contribution is -0.135. The average Bonchev–Trinajstić information content (AvgIpc) is 2.82. The van der Waals surface area contributed by atoms with Gasteiger partial charge in [0.25, 0.3) is 0 Å². The summed E-state index contributed by atoms with van der Waals surface area (Å²) in [7, 11) is 0. The number of hydrogen-bond donors (Lipinski definition) is 0. The Morgan fingerprint density at radius 2 is 2.31 bits per heavy atom. The largest absolute Gasteiger partial charge is 0.458 e. The number of cyclic esters (lactones) is 1. The molecule has 0 aromatic rings. The van der Waals surface area contributed by atoms with E-state index in [0.29, 0.717) is 18.6 Å². The van der Waals surface area contributed by atoms with Gasteiger partial charge in [-0.1, -0.05) is 6.92 Å². The average molecular weight is 182 g/mol. The third kappa shape index (κ3) is 1.75. The van der Waals surface area contributed by atoms with Crippen LogP contribution in [-0.4, -0.2) is 25.3 Å². The van der Waals surface area contributed by atoms with Crippen LogP contribution >= 0.6 is 0 Å². The standard InChI is InChI=1S/C10H14O3/c1-6(3-8-4-12-8)9-5-13-10(11)7(9)2/h6,8H,3-5H2,1-2H3/t6-,8-/m0/s1. The number of esters is 1. The van der Waals surface area contributed by atoms with E-state index >= 15 is 0 Å². The lowest BCUT2D eigenvalue weighted by Crippen LogP contribution is -2.05. The first-order valence-corrected chi connectivity index (χ1v) is 4.67. The van der Waals surface area contributed by atoms with Gasteiger partial charge in [-0.2, -0.15) is 0 Å². The molecule has 0 amide bonds. The molecule has 3 heteroatoms. The van der Waals surface area contributed by atoms with Crippen molar-refractivity contribution in [2.24, 2.45) is 5.92 Å². The van der Waals surface area contributed by atoms with E-state index in [9.17, 15) is 4.79 Å². The Hall–Kier alpha value is -0.830. The topological polar surface area (TPSA) is 38.8 Å². The van der Waals surface area contributed by atoms with Crippen LogP contribution in [0.5, 0.6) is 0 Å². The summed E-state index contributed by atoms with van der Waals surface area (Å²) in [6, 6.07) is 0. The summed E-state index contributed by atoms with van der Waals surface area (Å²) in [5.74, 6) is 0.262. The minimum atomic E-state index is -0.154. The predicted octanol–water partition coefficient (Wildman–Crippen LogP) is 1.28. The number of epoxide rings is 1. The first kappa shape index (κ1) is 8.75. The minimum absolute atomic E-state index is 0.154. The molecule has 2 rings (SSSR count). The molecule has 2 heterocycles. The summed E-state index contributed by atoms with van der Waals surface area (Å²) in [5.41, 5.74) is 1.95. The first-order valence-electron chi connectivity index (χ1n) is 4.67. The molecule has 0 radical (unpaired) electrons. The Morgan fingerprint density at radius 3 is 2.77 bits per heavy atom. The molecule has 1 saturated heterocycles. The number of hydrogen-bond acceptors (Lipinski definition) is 3. The zero-order chi connectivity index (χ0) is 9.42. The Morgan fingerprint density at radius 1 is 1.62 bits per heavy atom. The van der Waals surface area contributed by atoms with Gasteiger partial charge in [-0.15, -0.1) is 0 Å². The van der Waals surface area contributed by atoms with Crippen LogP contribution < -0.4 is 0 Å². The number of carbonyl (C=O) groups excluding carboxylic acids is 1. The Balaban J connectivity index is 2.01. The van der Waals surface area contributed by atoms with E-state index in [-0.39, 0.29) is 5.97 Å². The summed E-state index contributed by atoms with van der Waals surface area (Å²) in [4.78, 5) is 11.1. The van der Waals surface area contributed by atoms with Crippen molar-refractivity contribution in [3.63, 3.8) is 0 Å². The normalized spacial score (nSPS) is 29.1. The molecule has 0 saturated carbocycles. The summed E-state index contributed by atoms with van der Waals surface area (Å²) in [6.45, 7) is 5.33. The van der Waals surface area contributed by atoms with Crippen molar-refractivity contribution in [1.29, 1.82) is 0 Å². The van der Waals surface area contributed by atoms with Crippen molar-refractivity contribution in [2.45, 2.75) is 26.4 Å². The van der Waals surface area contributed by atoms with Crippen molar-refractivity contribution >= 4 is 5.97 Å². The second kappa shape index (κ2) is 3.14. The third-order valence-corrected chi connectivity index (χ3v) is 2.76. The fourth-order valence-corrected chi connectivity index (χ4v) is 1.74. The molecule has 0 aromatic carbocycles. The van der Waals surface area contributed by atoms with Crippen LogP contribution in [0.3, 0.4) is 0 Å². The molecule has 2 aliphatic rings. The summed E-state index contributed by atoms with van der Waals surface area (Å²) in [5, 5.41) is 0. The van der Waals surface area contributed by atoms with Gasteiger partial charge in [0.1, 0.15) is 6.61 Å². The highest BCUT2D eigenvalue weighted by molar-refractivity contribution is 5.91. The van der Waals surface area contributed by atoms with Gasteiger partial charge < -0.3 is 9.47 Å². The maximum Gasteiger partial charge on any atom is 0.334 e. The lowest BCUT2D eigenvalue weighted by atomic mass is 9.94. The van der Waals surface area contributed by atoms with Gasteiger partial charge in [-0.3, -0.25) is 0 Å².